The van der Waals surface area contributed by atoms with Gasteiger partial charge in [0.15, 0.2) is 0 Å². The van der Waals surface area contributed by atoms with E-state index in [0.29, 0.717) is 6.04 Å². The molecule has 0 bridgehead atoms. The second-order valence-electron chi connectivity index (χ2n) is 3.99. The van der Waals surface area contributed by atoms with Crippen molar-refractivity contribution in [3.63, 3.8) is 0 Å². The first kappa shape index (κ1) is 9.63. The van der Waals surface area contributed by atoms with Crippen molar-refractivity contribution in [1.29, 1.82) is 0 Å². The van der Waals surface area contributed by atoms with Crippen molar-refractivity contribution in [1.82, 2.24) is 5.32 Å². The van der Waals surface area contributed by atoms with Crippen LogP contribution in [0.4, 0.5) is 0 Å². The maximum atomic E-state index is 3.53. The molecule has 0 heterocycles. The summed E-state index contributed by atoms with van der Waals surface area (Å²) in [6, 6.07) is 0.644. The van der Waals surface area contributed by atoms with E-state index in [-0.39, 0.29) is 0 Å². The highest BCUT2D eigenvalue weighted by Gasteiger charge is 2.29. The van der Waals surface area contributed by atoms with Crippen LogP contribution < -0.4 is 5.32 Å². The molecule has 3 atom stereocenters. The molecular weight excluding hydrogens is 146 g/mol. The quantitative estimate of drug-likeness (QED) is 0.664. The van der Waals surface area contributed by atoms with E-state index in [1.54, 1.807) is 0 Å². The van der Waals surface area contributed by atoms with Crippen molar-refractivity contribution in [2.75, 3.05) is 0 Å². The highest BCUT2D eigenvalue weighted by atomic mass is 15.0. The molecule has 1 aliphatic rings. The molecule has 3 unspecified atom stereocenters. The van der Waals surface area contributed by atoms with E-state index in [1.807, 2.05) is 0 Å². The summed E-state index contributed by atoms with van der Waals surface area (Å²) >= 11 is 0. The van der Waals surface area contributed by atoms with Gasteiger partial charge >= 0.3 is 0 Å². The van der Waals surface area contributed by atoms with E-state index in [2.05, 4.69) is 39.1 Å². The molecule has 12 heavy (non-hydrogen) atoms. The van der Waals surface area contributed by atoms with E-state index in [4.69, 9.17) is 0 Å². The number of allylic oxidation sites excluding steroid dienone is 2. The van der Waals surface area contributed by atoms with Crippen LogP contribution in [0.5, 0.6) is 0 Å². The Morgan fingerprint density at radius 1 is 1.33 bits per heavy atom. The third-order valence-electron chi connectivity index (χ3n) is 2.89. The zero-order valence-corrected chi connectivity index (χ0v) is 8.72. The van der Waals surface area contributed by atoms with Crippen LogP contribution in [-0.2, 0) is 0 Å². The van der Waals surface area contributed by atoms with Crippen LogP contribution in [0.3, 0.4) is 0 Å². The fraction of sp³-hybridized carbons (Fsp3) is 0.818. The smallest absolute Gasteiger partial charge is 0.0227 e. The fourth-order valence-corrected chi connectivity index (χ4v) is 1.40. The maximum Gasteiger partial charge on any atom is 0.0227 e. The Kier molecular flexibility index (Phi) is 3.19. The zero-order valence-electron chi connectivity index (χ0n) is 8.72. The lowest BCUT2D eigenvalue weighted by molar-refractivity contribution is 0.483. The normalized spacial score (nSPS) is 26.0. The van der Waals surface area contributed by atoms with Crippen molar-refractivity contribution >= 4 is 0 Å². The molecule has 0 aromatic rings. The van der Waals surface area contributed by atoms with Gasteiger partial charge in [-0.3, -0.25) is 0 Å². The summed E-state index contributed by atoms with van der Waals surface area (Å²) in [5, 5.41) is 3.53. The molecule has 0 fully saturated rings. The Morgan fingerprint density at radius 2 is 2.00 bits per heavy atom. The molecule has 0 aromatic heterocycles. The van der Waals surface area contributed by atoms with E-state index in [0.717, 1.165) is 11.8 Å². The average molecular weight is 167 g/mol. The Hall–Kier alpha value is -0.460. The zero-order chi connectivity index (χ0) is 9.14. The van der Waals surface area contributed by atoms with Gasteiger partial charge in [-0.2, -0.15) is 0 Å². The summed E-state index contributed by atoms with van der Waals surface area (Å²) in [6.45, 7) is 9.05. The van der Waals surface area contributed by atoms with Crippen molar-refractivity contribution in [2.45, 2.75) is 46.6 Å². The van der Waals surface area contributed by atoms with Gasteiger partial charge in [0, 0.05) is 17.7 Å². The van der Waals surface area contributed by atoms with Crippen LogP contribution in [0, 0.1) is 11.8 Å². The predicted octanol–water partition coefficient (Wildman–Crippen LogP) is 2.93. The summed E-state index contributed by atoms with van der Waals surface area (Å²) < 4.78 is 0. The molecule has 0 radical (unpaired) electrons. The number of rotatable bonds is 5. The number of hydrogen-bond acceptors (Lipinski definition) is 1. The lowest BCUT2D eigenvalue weighted by atomic mass is 10.0. The van der Waals surface area contributed by atoms with Crippen LogP contribution in [0.1, 0.15) is 40.5 Å². The average Bonchev–Trinajstić information content (AvgIpc) is 2.82. The highest BCUT2D eigenvalue weighted by molar-refractivity contribution is 5.28. The van der Waals surface area contributed by atoms with Crippen molar-refractivity contribution in [2.24, 2.45) is 11.8 Å². The third kappa shape index (κ3) is 2.26. The molecule has 70 valence electrons. The summed E-state index contributed by atoms with van der Waals surface area (Å²) in [5.74, 6) is 1.60. The van der Waals surface area contributed by atoms with Gasteiger partial charge in [-0.1, -0.05) is 33.3 Å². The van der Waals surface area contributed by atoms with Crippen LogP contribution in [0.2, 0.25) is 0 Å². The Bertz CT molecular complexity index is 172. The summed E-state index contributed by atoms with van der Waals surface area (Å²) in [7, 11) is 0. The van der Waals surface area contributed by atoms with Crippen molar-refractivity contribution < 1.29 is 0 Å². The molecule has 1 heteroatoms. The topological polar surface area (TPSA) is 12.0 Å². The van der Waals surface area contributed by atoms with Gasteiger partial charge in [0.05, 0.1) is 0 Å². The molecule has 1 N–H and O–H groups in total. The molecule has 1 aliphatic carbocycles. The monoisotopic (exact) mass is 167 g/mol. The fourth-order valence-electron chi connectivity index (χ4n) is 1.40. The molecule has 0 aliphatic heterocycles. The van der Waals surface area contributed by atoms with Gasteiger partial charge in [-0.05, 0) is 19.3 Å². The second-order valence-corrected chi connectivity index (χ2v) is 3.99. The molecule has 1 nitrogen and oxygen atoms in total. The maximum absolute atomic E-state index is 3.53. The molecular formula is C11H21N. The minimum Gasteiger partial charge on any atom is -0.386 e. The SMILES string of the molecule is CCC(C)NC1=CC1C(C)CC. The van der Waals surface area contributed by atoms with Gasteiger partial charge in [-0.15, -0.1) is 0 Å². The van der Waals surface area contributed by atoms with Crippen molar-refractivity contribution in [3.05, 3.63) is 11.8 Å². The predicted molar refractivity (Wildman–Crippen MR) is 53.9 cm³/mol. The van der Waals surface area contributed by atoms with Gasteiger partial charge < -0.3 is 5.32 Å². The Balaban J connectivity index is 2.19. The van der Waals surface area contributed by atoms with Gasteiger partial charge in [0.1, 0.15) is 0 Å². The molecule has 0 spiro atoms. The molecule has 0 aromatic carbocycles. The van der Waals surface area contributed by atoms with Crippen molar-refractivity contribution in [3.8, 4) is 0 Å². The third-order valence-corrected chi connectivity index (χ3v) is 2.89. The largest absolute Gasteiger partial charge is 0.386 e. The van der Waals surface area contributed by atoms with Crippen LogP contribution in [0.15, 0.2) is 11.8 Å². The van der Waals surface area contributed by atoms with Crippen LogP contribution >= 0.6 is 0 Å². The molecule has 0 saturated heterocycles. The lowest BCUT2D eigenvalue weighted by Crippen LogP contribution is -2.22. The lowest BCUT2D eigenvalue weighted by Gasteiger charge is -2.13. The minimum atomic E-state index is 0.644. The van der Waals surface area contributed by atoms with Gasteiger partial charge in [0.25, 0.3) is 0 Å². The van der Waals surface area contributed by atoms with Crippen LogP contribution in [0.25, 0.3) is 0 Å². The highest BCUT2D eigenvalue weighted by Crippen LogP contribution is 2.35. The van der Waals surface area contributed by atoms with Gasteiger partial charge in [0.2, 0.25) is 0 Å². The first-order chi connectivity index (χ1) is 5.69. The number of hydrogen-bond donors (Lipinski definition) is 1. The van der Waals surface area contributed by atoms with Crippen LogP contribution in [-0.4, -0.2) is 6.04 Å². The summed E-state index contributed by atoms with van der Waals surface area (Å²) in [6.07, 6.45) is 4.86. The Labute approximate surface area is 76.2 Å². The second kappa shape index (κ2) is 3.97. The minimum absolute atomic E-state index is 0.644. The first-order valence-corrected chi connectivity index (χ1v) is 5.17. The molecule has 0 amide bonds. The van der Waals surface area contributed by atoms with E-state index in [9.17, 15) is 0 Å². The molecule has 0 saturated carbocycles. The van der Waals surface area contributed by atoms with E-state index >= 15 is 0 Å². The first-order valence-electron chi connectivity index (χ1n) is 5.17. The standard InChI is InChI=1S/C11H21N/c1-5-8(3)10-7-11(10)12-9(4)6-2/h7-10,12H,5-6H2,1-4H3. The Morgan fingerprint density at radius 3 is 2.50 bits per heavy atom. The van der Waals surface area contributed by atoms with E-state index < -0.39 is 0 Å². The van der Waals surface area contributed by atoms with E-state index in [1.165, 1.54) is 18.5 Å². The summed E-state index contributed by atoms with van der Waals surface area (Å²) in [4.78, 5) is 0. The number of nitrogens with one attached hydrogen (secondary N) is 1. The summed E-state index contributed by atoms with van der Waals surface area (Å²) in [5.41, 5.74) is 1.48. The van der Waals surface area contributed by atoms with Gasteiger partial charge in [-0.25, -0.2) is 0 Å². The molecule has 1 rings (SSSR count).